The minimum absolute atomic E-state index is 0.144. The number of nitrogens with two attached hydrogens (primary N) is 1. The Hall–Kier alpha value is -2.27. The van der Waals surface area contributed by atoms with Gasteiger partial charge in [0, 0.05) is 0 Å². The lowest BCUT2D eigenvalue weighted by molar-refractivity contribution is -0.194. The van der Waals surface area contributed by atoms with Crippen molar-refractivity contribution < 1.29 is 40.9 Å². The number of carbonyl (C=O) groups excluding carboxylic acids is 1. The number of carbonyl (C=O) groups is 1. The molecule has 1 aromatic rings. The Morgan fingerprint density at radius 2 is 1.95 bits per heavy atom. The van der Waals surface area contributed by atoms with Gasteiger partial charge in [-0.1, -0.05) is 0 Å². The van der Waals surface area contributed by atoms with Crippen LogP contribution in [0.15, 0.2) is 29.4 Å². The number of halogens is 3. The summed E-state index contributed by atoms with van der Waals surface area (Å²) < 4.78 is 63.0. The van der Waals surface area contributed by atoms with E-state index in [4.69, 9.17) is 5.14 Å². The van der Waals surface area contributed by atoms with E-state index in [-0.39, 0.29) is 11.3 Å². The van der Waals surface area contributed by atoms with Gasteiger partial charge in [-0.2, -0.15) is 13.2 Å². The van der Waals surface area contributed by atoms with Crippen molar-refractivity contribution in [3.8, 4) is 5.75 Å². The maximum absolute atomic E-state index is 12.2. The highest BCUT2D eigenvalue weighted by molar-refractivity contribution is 7.89. The lowest BCUT2D eigenvalue weighted by atomic mass is 10.1. The van der Waals surface area contributed by atoms with Gasteiger partial charge in [0.15, 0.2) is 17.8 Å². The Kier molecular flexibility index (Phi) is 3.55. The van der Waals surface area contributed by atoms with Crippen LogP contribution in [0.1, 0.15) is 5.56 Å². The van der Waals surface area contributed by atoms with Crippen molar-refractivity contribution in [2.24, 2.45) is 5.14 Å². The van der Waals surface area contributed by atoms with Crippen LogP contribution < -0.4 is 10.0 Å². The second-order valence-corrected chi connectivity index (χ2v) is 5.31. The van der Waals surface area contributed by atoms with Crippen molar-refractivity contribution in [2.75, 3.05) is 0 Å². The number of hydrogen-bond acceptors (Lipinski definition) is 6. The van der Waals surface area contributed by atoms with Crippen molar-refractivity contribution in [1.82, 2.24) is 0 Å². The Morgan fingerprint density at radius 3 is 2.52 bits per heavy atom. The van der Waals surface area contributed by atoms with Crippen LogP contribution in [0, 0.1) is 0 Å². The molecular weight excluding hydrogens is 319 g/mol. The topological polar surface area (TPSA) is 105 Å². The van der Waals surface area contributed by atoms with Gasteiger partial charge in [-0.05, 0) is 18.2 Å². The summed E-state index contributed by atoms with van der Waals surface area (Å²) in [5.41, 5.74) is -0.231. The smallest absolute Gasteiger partial charge is 0.416 e. The van der Waals surface area contributed by atoms with Crippen LogP contribution in [0.2, 0.25) is 0 Å². The predicted molar refractivity (Wildman–Crippen MR) is 59.7 cm³/mol. The number of hydrogen-bond donors (Lipinski definition) is 1. The van der Waals surface area contributed by atoms with E-state index in [0.717, 1.165) is 18.2 Å². The largest absolute Gasteiger partial charge is 0.491 e. The first kappa shape index (κ1) is 15.1. The third-order valence-electron chi connectivity index (χ3n) is 2.27. The zero-order chi connectivity index (χ0) is 15.8. The number of fused-ring (bicyclic) bond motifs is 1. The first-order valence-electron chi connectivity index (χ1n) is 5.09. The molecule has 0 fully saturated rings. The second-order valence-electron chi connectivity index (χ2n) is 3.75. The average molecular weight is 325 g/mol. The molecular formula is C10H6F3NO6S. The fraction of sp³-hybridized carbons (Fsp3) is 0.100. The van der Waals surface area contributed by atoms with Crippen LogP contribution >= 0.6 is 0 Å². The number of benzene rings is 1. The van der Waals surface area contributed by atoms with E-state index in [9.17, 15) is 26.4 Å². The summed E-state index contributed by atoms with van der Waals surface area (Å²) in [6.45, 7) is 0. The van der Waals surface area contributed by atoms with E-state index < -0.39 is 32.8 Å². The maximum atomic E-state index is 12.2. The monoisotopic (exact) mass is 325 g/mol. The molecule has 0 saturated heterocycles. The summed E-state index contributed by atoms with van der Waals surface area (Å²) in [5, 5.41) is 4.90. The lowest BCUT2D eigenvalue weighted by Gasteiger charge is -2.17. The van der Waals surface area contributed by atoms with Crippen LogP contribution in [0.5, 0.6) is 5.75 Å². The minimum Gasteiger partial charge on any atom is -0.416 e. The molecule has 0 atom stereocenters. The van der Waals surface area contributed by atoms with Crippen molar-refractivity contribution >= 4 is 21.8 Å². The van der Waals surface area contributed by atoms with Gasteiger partial charge in [-0.3, -0.25) is 9.78 Å². The number of ether oxygens (including phenoxy) is 1. The highest BCUT2D eigenvalue weighted by Crippen LogP contribution is 2.34. The second kappa shape index (κ2) is 4.93. The summed E-state index contributed by atoms with van der Waals surface area (Å²) >= 11 is 0. The minimum atomic E-state index is -5.23. The average Bonchev–Trinajstić information content (AvgIpc) is 2.36. The third-order valence-corrected chi connectivity index (χ3v) is 3.18. The molecule has 1 heterocycles. The van der Waals surface area contributed by atoms with Crippen molar-refractivity contribution in [3.05, 3.63) is 30.0 Å². The van der Waals surface area contributed by atoms with Gasteiger partial charge in [0.2, 0.25) is 10.0 Å². The van der Waals surface area contributed by atoms with Crippen molar-refractivity contribution in [2.45, 2.75) is 11.1 Å². The van der Waals surface area contributed by atoms with E-state index in [2.05, 4.69) is 14.5 Å². The van der Waals surface area contributed by atoms with Crippen LogP contribution in [0.25, 0.3) is 5.76 Å². The molecule has 0 spiro atoms. The highest BCUT2D eigenvalue weighted by atomic mass is 32.2. The van der Waals surface area contributed by atoms with Gasteiger partial charge >= 0.3 is 12.1 Å². The summed E-state index contributed by atoms with van der Waals surface area (Å²) in [6, 6.07) is 3.03. The van der Waals surface area contributed by atoms with E-state index in [1.807, 2.05) is 0 Å². The molecule has 114 valence electrons. The fourth-order valence-electron chi connectivity index (χ4n) is 1.37. The zero-order valence-corrected chi connectivity index (χ0v) is 10.7. The molecule has 1 aromatic carbocycles. The zero-order valence-electron chi connectivity index (χ0n) is 9.88. The number of alkyl halides is 3. The van der Waals surface area contributed by atoms with E-state index in [1.54, 1.807) is 0 Å². The summed E-state index contributed by atoms with van der Waals surface area (Å²) in [4.78, 5) is 19.4. The molecule has 0 aliphatic carbocycles. The highest BCUT2D eigenvalue weighted by Gasteiger charge is 2.42. The third kappa shape index (κ3) is 3.25. The molecule has 0 radical (unpaired) electrons. The fourth-order valence-corrected chi connectivity index (χ4v) is 1.91. The van der Waals surface area contributed by atoms with Gasteiger partial charge < -0.3 is 4.74 Å². The molecule has 0 unspecified atom stereocenters. The van der Waals surface area contributed by atoms with Gasteiger partial charge in [0.05, 0.1) is 10.5 Å². The van der Waals surface area contributed by atoms with Crippen LogP contribution in [0.3, 0.4) is 0 Å². The Bertz CT molecular complexity index is 725. The van der Waals surface area contributed by atoms with Gasteiger partial charge in [-0.15, -0.1) is 0 Å². The summed E-state index contributed by atoms with van der Waals surface area (Å²) in [5.74, 6) is -3.30. The van der Waals surface area contributed by atoms with Gasteiger partial charge in [0.25, 0.3) is 0 Å². The molecule has 0 bridgehead atoms. The maximum Gasteiger partial charge on any atom is 0.491 e. The van der Waals surface area contributed by atoms with Gasteiger partial charge in [0.1, 0.15) is 0 Å². The quantitative estimate of drug-likeness (QED) is 0.644. The molecule has 0 aromatic heterocycles. The predicted octanol–water partition coefficient (Wildman–Crippen LogP) is 1.06. The number of rotatable bonds is 2. The molecule has 1 aliphatic rings. The van der Waals surface area contributed by atoms with Crippen molar-refractivity contribution in [1.29, 1.82) is 0 Å². The first-order valence-corrected chi connectivity index (χ1v) is 6.63. The lowest BCUT2D eigenvalue weighted by Crippen LogP contribution is -2.25. The Morgan fingerprint density at radius 1 is 1.29 bits per heavy atom. The molecule has 7 nitrogen and oxygen atoms in total. The molecule has 2 N–H and O–H groups in total. The number of sulfonamides is 1. The van der Waals surface area contributed by atoms with Crippen LogP contribution in [-0.2, 0) is 24.4 Å². The standard InChI is InChI=1S/C10H6F3NO6S/c11-10(12,13)9(15)19-8-4-18-20-7-2-1-5(3-6(7)8)21(14,16)17/h1-4H,(H2,14,16,17). The molecule has 11 heteroatoms. The SMILES string of the molecule is NS(=O)(=O)c1ccc2c(c1)C(OC(=O)C(F)(F)F)=COO2. The van der Waals surface area contributed by atoms with Crippen LogP contribution in [0.4, 0.5) is 13.2 Å². The Balaban J connectivity index is 2.41. The van der Waals surface area contributed by atoms with Crippen molar-refractivity contribution in [3.63, 3.8) is 0 Å². The summed E-state index contributed by atoms with van der Waals surface area (Å²) in [7, 11) is -4.10. The van der Waals surface area contributed by atoms with Crippen LogP contribution in [-0.4, -0.2) is 20.6 Å². The normalized spacial score (nSPS) is 14.4. The molecule has 1 aliphatic heterocycles. The molecule has 0 amide bonds. The van der Waals surface area contributed by atoms with E-state index in [1.165, 1.54) is 0 Å². The molecule has 21 heavy (non-hydrogen) atoms. The summed E-state index contributed by atoms with van der Waals surface area (Å²) in [6.07, 6.45) is -4.64. The van der Waals surface area contributed by atoms with E-state index >= 15 is 0 Å². The Labute approximate surface area is 115 Å². The number of primary sulfonamides is 1. The number of esters is 1. The molecule has 2 rings (SSSR count). The van der Waals surface area contributed by atoms with E-state index in [0.29, 0.717) is 6.26 Å². The van der Waals surface area contributed by atoms with Gasteiger partial charge in [-0.25, -0.2) is 18.4 Å². The first-order chi connectivity index (χ1) is 9.59. The molecule has 0 saturated carbocycles.